The molecule has 2 aromatic heterocycles. The fourth-order valence-corrected chi connectivity index (χ4v) is 6.02. The van der Waals surface area contributed by atoms with Gasteiger partial charge in [0.25, 0.3) is 0 Å². The normalized spacial score (nSPS) is 13.8. The third kappa shape index (κ3) is 5.29. The van der Waals surface area contributed by atoms with Crippen molar-refractivity contribution >= 4 is 50.5 Å². The number of pyridine rings is 2. The Hall–Kier alpha value is -5.08. The van der Waals surface area contributed by atoms with Crippen molar-refractivity contribution in [3.63, 3.8) is 0 Å². The van der Waals surface area contributed by atoms with Gasteiger partial charge in [0.15, 0.2) is 23.0 Å². The molecule has 0 atom stereocenters. The molecular weight excluding hydrogens is 583 g/mol. The molecule has 2 N–H and O–H groups in total. The van der Waals surface area contributed by atoms with Crippen LogP contribution in [-0.2, 0) is 11.2 Å². The molecule has 2 heterocycles. The summed E-state index contributed by atoms with van der Waals surface area (Å²) in [6.45, 7) is 0. The summed E-state index contributed by atoms with van der Waals surface area (Å²) in [7, 11) is 1.34. The van der Waals surface area contributed by atoms with Crippen LogP contribution in [0.4, 0.5) is 4.39 Å². The Morgan fingerprint density at radius 1 is 1.07 bits per heavy atom. The van der Waals surface area contributed by atoms with Crippen LogP contribution in [0.15, 0.2) is 84.8 Å². The molecule has 0 aliphatic heterocycles. The van der Waals surface area contributed by atoms with Crippen molar-refractivity contribution in [3.8, 4) is 11.5 Å². The molecule has 0 fully saturated rings. The molecule has 2 aliphatic carbocycles. The van der Waals surface area contributed by atoms with Crippen LogP contribution in [0.5, 0.6) is 11.5 Å². The average molecular weight is 609 g/mol. The first-order chi connectivity index (χ1) is 21.3. The molecule has 44 heavy (non-hydrogen) atoms. The number of aromatic nitrogens is 2. The van der Waals surface area contributed by atoms with Crippen LogP contribution in [0.25, 0.3) is 27.1 Å². The number of carbonyl (C=O) groups excluding carboxylic acids is 2. The Balaban J connectivity index is 0.000000205. The van der Waals surface area contributed by atoms with Crippen molar-refractivity contribution in [1.29, 1.82) is 0 Å². The number of carbonyl (C=O) groups is 2. The van der Waals surface area contributed by atoms with Crippen molar-refractivity contribution in [2.75, 3.05) is 7.11 Å². The number of methoxy groups -OCH3 is 1. The molecular formula is C35H26ClFN2O5. The molecule has 3 aromatic carbocycles. The van der Waals surface area contributed by atoms with E-state index < -0.39 is 11.8 Å². The molecule has 0 amide bonds. The lowest BCUT2D eigenvalue weighted by molar-refractivity contribution is 0.0596. The molecule has 0 bridgehead atoms. The minimum absolute atomic E-state index is 0.0240. The SMILES string of the molecule is COC(=O)c1nccc2cnccc12.O=C1CC2=C(C=CCC2)c2ccc3c(Cc4ccc(F)c(Cl)c4)cc(O)c(O)c3c21. The van der Waals surface area contributed by atoms with E-state index in [0.717, 1.165) is 51.5 Å². The third-order valence-electron chi connectivity index (χ3n) is 7.88. The van der Waals surface area contributed by atoms with Crippen LogP contribution >= 0.6 is 11.6 Å². The number of benzene rings is 3. The largest absolute Gasteiger partial charge is 0.504 e. The molecule has 5 aromatic rings. The number of aromatic hydroxyl groups is 2. The molecule has 9 heteroatoms. The van der Waals surface area contributed by atoms with Crippen molar-refractivity contribution in [2.45, 2.75) is 25.7 Å². The van der Waals surface area contributed by atoms with Gasteiger partial charge in [-0.3, -0.25) is 9.78 Å². The van der Waals surface area contributed by atoms with Gasteiger partial charge in [0.2, 0.25) is 0 Å². The summed E-state index contributed by atoms with van der Waals surface area (Å²) in [6, 6.07) is 13.3. The number of ether oxygens (including phenoxy) is 1. The highest BCUT2D eigenvalue weighted by molar-refractivity contribution is 6.30. The maximum atomic E-state index is 13.5. The van der Waals surface area contributed by atoms with E-state index in [0.29, 0.717) is 34.9 Å². The number of hydrogen-bond acceptors (Lipinski definition) is 7. The summed E-state index contributed by atoms with van der Waals surface area (Å²) >= 11 is 5.91. The summed E-state index contributed by atoms with van der Waals surface area (Å²) in [6.07, 6.45) is 11.5. The fourth-order valence-electron chi connectivity index (χ4n) is 5.82. The topological polar surface area (TPSA) is 110 Å². The van der Waals surface area contributed by atoms with Gasteiger partial charge in [-0.1, -0.05) is 47.5 Å². The lowest BCUT2D eigenvalue weighted by atomic mass is 9.78. The molecule has 7 nitrogen and oxygen atoms in total. The van der Waals surface area contributed by atoms with Crippen molar-refractivity contribution in [2.24, 2.45) is 0 Å². The van der Waals surface area contributed by atoms with E-state index in [1.54, 1.807) is 42.9 Å². The summed E-state index contributed by atoms with van der Waals surface area (Å²) in [5.41, 5.74) is 5.20. The first-order valence-electron chi connectivity index (χ1n) is 13.9. The second kappa shape index (κ2) is 11.9. The van der Waals surface area contributed by atoms with Crippen LogP contribution in [0, 0.1) is 5.82 Å². The minimum Gasteiger partial charge on any atom is -0.504 e. The zero-order valence-electron chi connectivity index (χ0n) is 23.6. The number of phenols is 2. The zero-order valence-corrected chi connectivity index (χ0v) is 24.4. The van der Waals surface area contributed by atoms with Gasteiger partial charge in [0, 0.05) is 46.7 Å². The Morgan fingerprint density at radius 3 is 2.70 bits per heavy atom. The molecule has 0 radical (unpaired) electrons. The predicted octanol–water partition coefficient (Wildman–Crippen LogP) is 7.74. The number of esters is 1. The molecule has 0 saturated carbocycles. The van der Waals surface area contributed by atoms with E-state index in [-0.39, 0.29) is 22.3 Å². The maximum Gasteiger partial charge on any atom is 0.357 e. The standard InChI is InChI=1S/C25H18ClFO3.C10H8N2O2/c26-19-10-13(5-8-20(19)27)9-15-12-22(29)25(30)24-17(15)6-7-18-16-4-2-1-3-14(16)11-21(28)23(18)24;1-14-10(13)9-8-3-4-11-6-7(8)2-5-12-9/h2,4-8,10,12,29-30H,1,3,9,11H2;2-6H,1H3. The minimum atomic E-state index is -0.497. The van der Waals surface area contributed by atoms with Gasteiger partial charge in [-0.05, 0) is 77.2 Å². The smallest absolute Gasteiger partial charge is 0.357 e. The van der Waals surface area contributed by atoms with Crippen LogP contribution in [-0.4, -0.2) is 39.0 Å². The van der Waals surface area contributed by atoms with Gasteiger partial charge < -0.3 is 14.9 Å². The van der Waals surface area contributed by atoms with Crippen LogP contribution in [0.2, 0.25) is 5.02 Å². The molecule has 7 rings (SSSR count). The number of allylic oxidation sites excluding steroid dienone is 4. The highest BCUT2D eigenvalue weighted by Crippen LogP contribution is 2.45. The number of phenolic OH excluding ortho intramolecular Hbond substituents is 2. The van der Waals surface area contributed by atoms with Crippen molar-refractivity contribution in [3.05, 3.63) is 124 Å². The van der Waals surface area contributed by atoms with E-state index in [2.05, 4.69) is 20.8 Å². The Bertz CT molecular complexity index is 2050. The number of fused-ring (bicyclic) bond motifs is 5. The van der Waals surface area contributed by atoms with Crippen LogP contribution in [0.3, 0.4) is 0 Å². The Labute approximate surface area is 256 Å². The number of halogens is 2. The number of ketones is 1. The molecule has 220 valence electrons. The number of hydrogen-bond donors (Lipinski definition) is 2. The first-order valence-corrected chi connectivity index (χ1v) is 14.3. The second-order valence-corrected chi connectivity index (χ2v) is 11.0. The molecule has 2 aliphatic rings. The lowest BCUT2D eigenvalue weighted by Gasteiger charge is -2.25. The van der Waals surface area contributed by atoms with Crippen LogP contribution in [0.1, 0.15) is 56.8 Å². The van der Waals surface area contributed by atoms with Crippen molar-refractivity contribution < 1.29 is 28.9 Å². The quantitative estimate of drug-likeness (QED) is 0.159. The van der Waals surface area contributed by atoms with E-state index >= 15 is 0 Å². The Morgan fingerprint density at radius 2 is 1.91 bits per heavy atom. The highest BCUT2D eigenvalue weighted by Gasteiger charge is 2.29. The lowest BCUT2D eigenvalue weighted by Crippen LogP contribution is -2.14. The van der Waals surface area contributed by atoms with Gasteiger partial charge in [-0.15, -0.1) is 0 Å². The number of nitrogens with zero attached hydrogens (tertiary/aromatic N) is 2. The fraction of sp³-hybridized carbons (Fsp3) is 0.143. The van der Waals surface area contributed by atoms with E-state index in [4.69, 9.17) is 11.6 Å². The molecule has 0 unspecified atom stereocenters. The average Bonchev–Trinajstić information content (AvgIpc) is 3.04. The van der Waals surface area contributed by atoms with E-state index in [9.17, 15) is 24.2 Å². The third-order valence-corrected chi connectivity index (χ3v) is 8.17. The van der Waals surface area contributed by atoms with E-state index in [1.807, 2.05) is 18.2 Å². The first kappa shape index (κ1) is 29.0. The molecule has 0 saturated heterocycles. The number of Topliss-reactive ketones (excluding diaryl/α,β-unsaturated/α-hetero) is 1. The highest BCUT2D eigenvalue weighted by atomic mass is 35.5. The van der Waals surface area contributed by atoms with Gasteiger partial charge in [0.05, 0.1) is 12.1 Å². The van der Waals surface area contributed by atoms with Crippen LogP contribution < -0.4 is 0 Å². The van der Waals surface area contributed by atoms with Gasteiger partial charge >= 0.3 is 5.97 Å². The summed E-state index contributed by atoms with van der Waals surface area (Å²) in [4.78, 5) is 32.3. The second-order valence-electron chi connectivity index (χ2n) is 10.5. The van der Waals surface area contributed by atoms with Gasteiger partial charge in [-0.2, -0.15) is 0 Å². The zero-order chi connectivity index (χ0) is 31.0. The predicted molar refractivity (Wildman–Crippen MR) is 167 cm³/mol. The summed E-state index contributed by atoms with van der Waals surface area (Å²) in [5.74, 6) is -1.56. The maximum absolute atomic E-state index is 13.5. The van der Waals surface area contributed by atoms with Gasteiger partial charge in [0.1, 0.15) is 5.82 Å². The van der Waals surface area contributed by atoms with Crippen molar-refractivity contribution in [1.82, 2.24) is 9.97 Å². The monoisotopic (exact) mass is 608 g/mol. The molecule has 0 spiro atoms. The summed E-state index contributed by atoms with van der Waals surface area (Å²) in [5, 5.41) is 23.8. The summed E-state index contributed by atoms with van der Waals surface area (Å²) < 4.78 is 18.1. The van der Waals surface area contributed by atoms with Gasteiger partial charge in [-0.25, -0.2) is 14.2 Å². The number of rotatable bonds is 3. The Kier molecular flexibility index (Phi) is 7.84. The van der Waals surface area contributed by atoms with E-state index in [1.165, 1.54) is 19.2 Å².